The zero-order chi connectivity index (χ0) is 24.6. The van der Waals surface area contributed by atoms with E-state index in [1.54, 1.807) is 26.2 Å². The summed E-state index contributed by atoms with van der Waals surface area (Å²) in [6, 6.07) is 16.0. The first-order valence-corrected chi connectivity index (χ1v) is 11.8. The van der Waals surface area contributed by atoms with E-state index in [4.69, 9.17) is 14.2 Å². The topological polar surface area (TPSA) is 94.2 Å². The van der Waals surface area contributed by atoms with Gasteiger partial charge >= 0.3 is 5.97 Å². The molecule has 2 aromatic carbocycles. The summed E-state index contributed by atoms with van der Waals surface area (Å²) in [5.74, 6) is -1.99. The number of carbonyl (C=O) groups is 3. The molecule has 2 amide bonds. The molecule has 1 spiro atoms. The summed E-state index contributed by atoms with van der Waals surface area (Å²) in [6.45, 7) is 2.44. The Bertz CT molecular complexity index is 1150. The number of nitrogens with one attached hydrogen (secondary N) is 1. The summed E-state index contributed by atoms with van der Waals surface area (Å²) in [7, 11) is 1.59. The number of benzene rings is 2. The molecule has 35 heavy (non-hydrogen) atoms. The van der Waals surface area contributed by atoms with E-state index in [1.807, 2.05) is 54.6 Å². The lowest BCUT2D eigenvalue weighted by atomic mass is 9.74. The third-order valence-electron chi connectivity index (χ3n) is 7.00. The first kappa shape index (κ1) is 23.1. The second-order valence-corrected chi connectivity index (χ2v) is 8.97. The van der Waals surface area contributed by atoms with Gasteiger partial charge in [-0.2, -0.15) is 0 Å². The lowest BCUT2D eigenvalue weighted by Gasteiger charge is -2.32. The van der Waals surface area contributed by atoms with Crippen molar-refractivity contribution in [3.63, 3.8) is 0 Å². The maximum atomic E-state index is 13.8. The SMILES string of the molecule is CCOC(=O)[C@@H]1[C@H]2C(=O)N(Cc3ccc(OC)cc3)[C@H](C(=O)NCc3ccccc3)[C@]23C=C[C@H]1O3. The van der Waals surface area contributed by atoms with Crippen LogP contribution >= 0.6 is 0 Å². The molecule has 2 saturated heterocycles. The molecule has 5 rings (SSSR count). The van der Waals surface area contributed by atoms with Crippen molar-refractivity contribution in [3.8, 4) is 5.75 Å². The maximum absolute atomic E-state index is 13.8. The molecule has 0 radical (unpaired) electrons. The molecule has 0 aromatic heterocycles. The fraction of sp³-hybridized carbons (Fsp3) is 0.370. The molecular weight excluding hydrogens is 448 g/mol. The predicted octanol–water partition coefficient (Wildman–Crippen LogP) is 2.23. The van der Waals surface area contributed by atoms with Gasteiger partial charge in [-0.3, -0.25) is 14.4 Å². The van der Waals surface area contributed by atoms with Crippen LogP contribution in [0.25, 0.3) is 0 Å². The van der Waals surface area contributed by atoms with Gasteiger partial charge in [0.1, 0.15) is 23.3 Å². The third-order valence-corrected chi connectivity index (χ3v) is 7.00. The Balaban J connectivity index is 1.47. The van der Waals surface area contributed by atoms with Gasteiger partial charge < -0.3 is 24.4 Å². The summed E-state index contributed by atoms with van der Waals surface area (Å²) >= 11 is 0. The van der Waals surface area contributed by atoms with Gasteiger partial charge in [0.2, 0.25) is 11.8 Å². The van der Waals surface area contributed by atoms with Crippen LogP contribution in [-0.4, -0.2) is 54.1 Å². The molecular formula is C27H28N2O6. The van der Waals surface area contributed by atoms with E-state index < -0.39 is 35.6 Å². The zero-order valence-electron chi connectivity index (χ0n) is 19.7. The smallest absolute Gasteiger partial charge is 0.312 e. The molecule has 182 valence electrons. The number of fused-ring (bicyclic) bond motifs is 1. The fourth-order valence-corrected chi connectivity index (χ4v) is 5.46. The van der Waals surface area contributed by atoms with Crippen molar-refractivity contribution >= 4 is 17.8 Å². The van der Waals surface area contributed by atoms with Gasteiger partial charge in [0, 0.05) is 13.1 Å². The van der Waals surface area contributed by atoms with Crippen LogP contribution in [0.4, 0.5) is 0 Å². The quantitative estimate of drug-likeness (QED) is 0.464. The summed E-state index contributed by atoms with van der Waals surface area (Å²) in [6.07, 6.45) is 2.98. The van der Waals surface area contributed by atoms with E-state index in [0.717, 1.165) is 11.1 Å². The molecule has 5 atom stereocenters. The van der Waals surface area contributed by atoms with Gasteiger partial charge in [-0.05, 0) is 30.2 Å². The molecule has 3 aliphatic heterocycles. The van der Waals surface area contributed by atoms with E-state index in [-0.39, 0.29) is 25.0 Å². The molecule has 8 heteroatoms. The van der Waals surface area contributed by atoms with Crippen LogP contribution in [0.5, 0.6) is 5.75 Å². The first-order chi connectivity index (χ1) is 17.0. The molecule has 0 saturated carbocycles. The number of hydrogen-bond donors (Lipinski definition) is 1. The summed E-state index contributed by atoms with van der Waals surface area (Å²) < 4.78 is 16.8. The number of hydrogen-bond acceptors (Lipinski definition) is 6. The van der Waals surface area contributed by atoms with Crippen molar-refractivity contribution in [1.29, 1.82) is 0 Å². The highest BCUT2D eigenvalue weighted by Gasteiger charge is 2.73. The standard InChI is InChI=1S/C27H28N2O6/c1-3-34-26(32)21-20-13-14-27(35-20)22(21)25(31)29(16-18-9-11-19(33-2)12-10-18)23(27)24(30)28-15-17-7-5-4-6-8-17/h4-14,20-23H,3,15-16H2,1-2H3,(H,28,30)/t20-,21+,22+,23-,27+/m1/s1. The van der Waals surface area contributed by atoms with Crippen LogP contribution in [0.15, 0.2) is 66.7 Å². The highest BCUT2D eigenvalue weighted by Crippen LogP contribution is 2.55. The molecule has 0 aliphatic carbocycles. The fourth-order valence-electron chi connectivity index (χ4n) is 5.46. The van der Waals surface area contributed by atoms with Crippen LogP contribution in [0, 0.1) is 11.8 Å². The lowest BCUT2D eigenvalue weighted by Crippen LogP contribution is -2.54. The minimum Gasteiger partial charge on any atom is -0.497 e. The van der Waals surface area contributed by atoms with Crippen molar-refractivity contribution in [2.24, 2.45) is 11.8 Å². The minimum absolute atomic E-state index is 0.196. The maximum Gasteiger partial charge on any atom is 0.312 e. The molecule has 3 aliphatic rings. The van der Waals surface area contributed by atoms with Crippen LogP contribution in [-0.2, 0) is 36.9 Å². The van der Waals surface area contributed by atoms with Gasteiger partial charge in [0.15, 0.2) is 0 Å². The number of methoxy groups -OCH3 is 1. The normalized spacial score (nSPS) is 28.2. The van der Waals surface area contributed by atoms with E-state index >= 15 is 0 Å². The molecule has 8 nitrogen and oxygen atoms in total. The first-order valence-electron chi connectivity index (χ1n) is 11.8. The van der Waals surface area contributed by atoms with E-state index in [1.165, 1.54) is 4.90 Å². The second-order valence-electron chi connectivity index (χ2n) is 8.97. The van der Waals surface area contributed by atoms with Crippen LogP contribution < -0.4 is 10.1 Å². The van der Waals surface area contributed by atoms with Crippen molar-refractivity contribution in [3.05, 3.63) is 77.9 Å². The van der Waals surface area contributed by atoms with Gasteiger partial charge in [-0.1, -0.05) is 54.6 Å². The highest BCUT2D eigenvalue weighted by atomic mass is 16.6. The van der Waals surface area contributed by atoms with E-state index in [9.17, 15) is 14.4 Å². The number of carbonyl (C=O) groups excluding carboxylic acids is 3. The Labute approximate surface area is 203 Å². The Morgan fingerprint density at radius 1 is 1.09 bits per heavy atom. The number of nitrogens with zero attached hydrogens (tertiary/aromatic N) is 1. The largest absolute Gasteiger partial charge is 0.497 e. The molecule has 1 N–H and O–H groups in total. The van der Waals surface area contributed by atoms with Crippen LogP contribution in [0.3, 0.4) is 0 Å². The van der Waals surface area contributed by atoms with Crippen molar-refractivity contribution in [1.82, 2.24) is 10.2 Å². The highest BCUT2D eigenvalue weighted by molar-refractivity contribution is 5.99. The number of likely N-dealkylation sites (tertiary alicyclic amines) is 1. The average Bonchev–Trinajstić information content (AvgIpc) is 3.51. The second kappa shape index (κ2) is 9.19. The average molecular weight is 477 g/mol. The van der Waals surface area contributed by atoms with Crippen molar-refractivity contribution in [2.75, 3.05) is 13.7 Å². The Morgan fingerprint density at radius 2 is 1.83 bits per heavy atom. The van der Waals surface area contributed by atoms with Gasteiger partial charge in [-0.25, -0.2) is 0 Å². The third kappa shape index (κ3) is 3.87. The van der Waals surface area contributed by atoms with Crippen LogP contribution in [0.1, 0.15) is 18.1 Å². The molecule has 2 fully saturated rings. The van der Waals surface area contributed by atoms with Gasteiger partial charge in [0.05, 0.1) is 25.7 Å². The Kier molecular flexibility index (Phi) is 6.06. The van der Waals surface area contributed by atoms with E-state index in [2.05, 4.69) is 5.32 Å². The zero-order valence-corrected chi connectivity index (χ0v) is 19.7. The minimum atomic E-state index is -1.22. The van der Waals surface area contributed by atoms with Crippen molar-refractivity contribution in [2.45, 2.75) is 37.8 Å². The van der Waals surface area contributed by atoms with Crippen molar-refractivity contribution < 1.29 is 28.6 Å². The molecule has 3 heterocycles. The Morgan fingerprint density at radius 3 is 2.51 bits per heavy atom. The lowest BCUT2D eigenvalue weighted by molar-refractivity contribution is -0.153. The molecule has 2 bridgehead atoms. The monoisotopic (exact) mass is 476 g/mol. The summed E-state index contributed by atoms with van der Waals surface area (Å²) in [4.78, 5) is 41.8. The van der Waals surface area contributed by atoms with Gasteiger partial charge in [0.25, 0.3) is 0 Å². The molecule has 2 aromatic rings. The summed E-state index contributed by atoms with van der Waals surface area (Å²) in [5, 5.41) is 2.97. The van der Waals surface area contributed by atoms with Crippen LogP contribution in [0.2, 0.25) is 0 Å². The number of ether oxygens (including phenoxy) is 3. The number of amides is 2. The predicted molar refractivity (Wildman–Crippen MR) is 126 cm³/mol. The Hall–Kier alpha value is -3.65. The van der Waals surface area contributed by atoms with E-state index in [0.29, 0.717) is 12.3 Å². The molecule has 0 unspecified atom stereocenters. The van der Waals surface area contributed by atoms with Gasteiger partial charge in [-0.15, -0.1) is 0 Å². The number of esters is 1. The summed E-state index contributed by atoms with van der Waals surface area (Å²) in [5.41, 5.74) is 0.562. The number of rotatable bonds is 8.